The highest BCUT2D eigenvalue weighted by atomic mass is 127. The molecule has 0 saturated carbocycles. The number of benzene rings is 1. The van der Waals surface area contributed by atoms with E-state index in [1.54, 1.807) is 6.20 Å². The number of halogens is 2. The van der Waals surface area contributed by atoms with Gasteiger partial charge in [0.1, 0.15) is 5.82 Å². The van der Waals surface area contributed by atoms with E-state index in [0.717, 1.165) is 20.8 Å². The lowest BCUT2D eigenvalue weighted by Crippen LogP contribution is -1.95. The first kappa shape index (κ1) is 12.4. The molecular formula is C12H11ClIN3. The van der Waals surface area contributed by atoms with Gasteiger partial charge in [-0.2, -0.15) is 0 Å². The van der Waals surface area contributed by atoms with E-state index < -0.39 is 0 Å². The molecule has 0 aliphatic heterocycles. The van der Waals surface area contributed by atoms with E-state index in [2.05, 4.69) is 38.2 Å². The number of anilines is 3. The Kier molecular flexibility index (Phi) is 4.06. The zero-order valence-electron chi connectivity index (χ0n) is 9.17. The maximum absolute atomic E-state index is 6.15. The van der Waals surface area contributed by atoms with Gasteiger partial charge in [0, 0.05) is 28.6 Å². The van der Waals surface area contributed by atoms with Gasteiger partial charge in [-0.15, -0.1) is 0 Å². The first-order valence-corrected chi connectivity index (χ1v) is 6.50. The van der Waals surface area contributed by atoms with E-state index in [4.69, 9.17) is 11.6 Å². The number of nitrogens with one attached hydrogen (secondary N) is 2. The van der Waals surface area contributed by atoms with Crippen molar-refractivity contribution in [3.8, 4) is 0 Å². The third-order valence-corrected chi connectivity index (χ3v) is 3.21. The van der Waals surface area contributed by atoms with Crippen molar-refractivity contribution in [1.29, 1.82) is 0 Å². The van der Waals surface area contributed by atoms with Crippen LogP contribution in [-0.4, -0.2) is 12.0 Å². The molecule has 5 heteroatoms. The van der Waals surface area contributed by atoms with Crippen LogP contribution < -0.4 is 10.6 Å². The Balaban J connectivity index is 2.25. The zero-order chi connectivity index (χ0) is 12.3. The number of pyridine rings is 1. The van der Waals surface area contributed by atoms with E-state index in [9.17, 15) is 0 Å². The van der Waals surface area contributed by atoms with Gasteiger partial charge in [-0.05, 0) is 46.9 Å². The van der Waals surface area contributed by atoms with Crippen molar-refractivity contribution >= 4 is 51.4 Å². The minimum Gasteiger partial charge on any atom is -0.373 e. The summed E-state index contributed by atoms with van der Waals surface area (Å²) in [6.45, 7) is 0. The molecule has 0 atom stereocenters. The molecular weight excluding hydrogens is 349 g/mol. The Bertz CT molecular complexity index is 531. The zero-order valence-corrected chi connectivity index (χ0v) is 12.1. The van der Waals surface area contributed by atoms with Crippen LogP contribution in [0.2, 0.25) is 5.02 Å². The molecule has 17 heavy (non-hydrogen) atoms. The van der Waals surface area contributed by atoms with Crippen LogP contribution in [0.3, 0.4) is 0 Å². The van der Waals surface area contributed by atoms with Crippen LogP contribution in [0.15, 0.2) is 36.5 Å². The molecule has 0 unspecified atom stereocenters. The lowest BCUT2D eigenvalue weighted by Gasteiger charge is -2.09. The molecule has 2 N–H and O–H groups in total. The second kappa shape index (κ2) is 5.55. The summed E-state index contributed by atoms with van der Waals surface area (Å²) >= 11 is 8.39. The Morgan fingerprint density at radius 3 is 2.76 bits per heavy atom. The van der Waals surface area contributed by atoms with Gasteiger partial charge in [-0.3, -0.25) is 0 Å². The largest absolute Gasteiger partial charge is 0.373 e. The molecule has 2 aromatic rings. The van der Waals surface area contributed by atoms with Crippen molar-refractivity contribution in [2.24, 2.45) is 0 Å². The van der Waals surface area contributed by atoms with Crippen molar-refractivity contribution in [2.75, 3.05) is 17.7 Å². The maximum atomic E-state index is 6.15. The summed E-state index contributed by atoms with van der Waals surface area (Å²) in [6, 6.07) is 9.71. The van der Waals surface area contributed by atoms with Gasteiger partial charge < -0.3 is 10.6 Å². The summed E-state index contributed by atoms with van der Waals surface area (Å²) in [5.74, 6) is 0.816. The average molecular weight is 360 g/mol. The Hall–Kier alpha value is -1.01. The molecule has 0 fully saturated rings. The summed E-state index contributed by atoms with van der Waals surface area (Å²) in [5.41, 5.74) is 1.84. The second-order valence-corrected chi connectivity index (χ2v) is 5.08. The van der Waals surface area contributed by atoms with Gasteiger partial charge in [-0.1, -0.05) is 11.6 Å². The quantitative estimate of drug-likeness (QED) is 0.809. The smallest absolute Gasteiger partial charge is 0.127 e. The minimum atomic E-state index is 0.708. The van der Waals surface area contributed by atoms with E-state index in [0.29, 0.717) is 5.02 Å². The summed E-state index contributed by atoms with van der Waals surface area (Å²) < 4.78 is 1.11. The minimum absolute atomic E-state index is 0.708. The fourth-order valence-electron chi connectivity index (χ4n) is 1.39. The van der Waals surface area contributed by atoms with Crippen molar-refractivity contribution < 1.29 is 0 Å². The molecule has 0 spiro atoms. The Morgan fingerprint density at radius 1 is 1.24 bits per heavy atom. The first-order chi connectivity index (χ1) is 8.19. The highest BCUT2D eigenvalue weighted by molar-refractivity contribution is 14.1. The highest BCUT2D eigenvalue weighted by Gasteiger charge is 2.02. The number of hydrogen-bond acceptors (Lipinski definition) is 3. The molecule has 0 radical (unpaired) electrons. The van der Waals surface area contributed by atoms with Crippen LogP contribution in [0.1, 0.15) is 0 Å². The highest BCUT2D eigenvalue weighted by Crippen LogP contribution is 2.27. The molecule has 0 bridgehead atoms. The number of aromatic nitrogens is 1. The average Bonchev–Trinajstić information content (AvgIpc) is 2.33. The van der Waals surface area contributed by atoms with E-state index in [-0.39, 0.29) is 0 Å². The van der Waals surface area contributed by atoms with Gasteiger partial charge in [-0.25, -0.2) is 4.98 Å². The number of rotatable bonds is 3. The van der Waals surface area contributed by atoms with Gasteiger partial charge in [0.05, 0.1) is 10.7 Å². The summed E-state index contributed by atoms with van der Waals surface area (Å²) in [4.78, 5) is 4.15. The summed E-state index contributed by atoms with van der Waals surface area (Å²) in [5, 5.41) is 6.96. The van der Waals surface area contributed by atoms with Crippen LogP contribution >= 0.6 is 34.2 Å². The normalized spacial score (nSPS) is 10.1. The third-order valence-electron chi connectivity index (χ3n) is 2.23. The van der Waals surface area contributed by atoms with Crippen LogP contribution in [0, 0.1) is 3.57 Å². The van der Waals surface area contributed by atoms with Gasteiger partial charge >= 0.3 is 0 Å². The number of hydrogen-bond donors (Lipinski definition) is 2. The van der Waals surface area contributed by atoms with Crippen molar-refractivity contribution in [1.82, 2.24) is 4.98 Å². The maximum Gasteiger partial charge on any atom is 0.127 e. The lowest BCUT2D eigenvalue weighted by atomic mass is 10.3. The molecule has 0 aliphatic rings. The van der Waals surface area contributed by atoms with Gasteiger partial charge in [0.25, 0.3) is 0 Å². The molecule has 2 rings (SSSR count). The fourth-order valence-corrected chi connectivity index (χ4v) is 2.29. The van der Waals surface area contributed by atoms with Gasteiger partial charge in [0.2, 0.25) is 0 Å². The predicted molar refractivity (Wildman–Crippen MR) is 81.2 cm³/mol. The van der Waals surface area contributed by atoms with Crippen molar-refractivity contribution in [3.63, 3.8) is 0 Å². The number of nitrogens with zero attached hydrogens (tertiary/aromatic N) is 1. The van der Waals surface area contributed by atoms with E-state index in [1.807, 2.05) is 37.4 Å². The molecule has 3 nitrogen and oxygen atoms in total. The molecule has 88 valence electrons. The molecule has 0 saturated heterocycles. The molecule has 1 heterocycles. The monoisotopic (exact) mass is 359 g/mol. The fraction of sp³-hybridized carbons (Fsp3) is 0.0833. The van der Waals surface area contributed by atoms with Gasteiger partial charge in [0.15, 0.2) is 0 Å². The topological polar surface area (TPSA) is 37.0 Å². The summed E-state index contributed by atoms with van der Waals surface area (Å²) in [6.07, 6.45) is 1.74. The standard InChI is InChI=1S/C12H11ClIN3/c1-15-12-7-9(4-5-16-12)17-11-3-2-8(14)6-10(11)13/h2-7H,1H3,(H2,15,16,17). The van der Waals surface area contributed by atoms with Crippen molar-refractivity contribution in [3.05, 3.63) is 45.1 Å². The Labute approximate surface area is 119 Å². The lowest BCUT2D eigenvalue weighted by molar-refractivity contribution is 1.28. The second-order valence-electron chi connectivity index (χ2n) is 3.43. The van der Waals surface area contributed by atoms with E-state index in [1.165, 1.54) is 0 Å². The third kappa shape index (κ3) is 3.23. The molecule has 0 amide bonds. The molecule has 1 aromatic carbocycles. The van der Waals surface area contributed by atoms with E-state index >= 15 is 0 Å². The first-order valence-electron chi connectivity index (χ1n) is 5.05. The van der Waals surface area contributed by atoms with Crippen LogP contribution in [-0.2, 0) is 0 Å². The summed E-state index contributed by atoms with van der Waals surface area (Å²) in [7, 11) is 1.84. The molecule has 1 aromatic heterocycles. The van der Waals surface area contributed by atoms with Crippen LogP contribution in [0.25, 0.3) is 0 Å². The predicted octanol–water partition coefficient (Wildman–Crippen LogP) is 4.12. The van der Waals surface area contributed by atoms with Crippen LogP contribution in [0.4, 0.5) is 17.2 Å². The van der Waals surface area contributed by atoms with Crippen LogP contribution in [0.5, 0.6) is 0 Å². The molecule has 0 aliphatic carbocycles. The Morgan fingerprint density at radius 2 is 2.06 bits per heavy atom. The van der Waals surface area contributed by atoms with Crippen molar-refractivity contribution in [2.45, 2.75) is 0 Å². The SMILES string of the molecule is CNc1cc(Nc2ccc(I)cc2Cl)ccn1.